The monoisotopic (exact) mass is 533 g/mol. The largest absolute Gasteiger partial charge is 0.573 e. The number of nitrogens with zero attached hydrogens (tertiary/aromatic N) is 1. The zero-order valence-corrected chi connectivity index (χ0v) is 20.6. The number of rotatable bonds is 9. The maximum absolute atomic E-state index is 13.1. The summed E-state index contributed by atoms with van der Waals surface area (Å²) in [5.74, 6) is -0.996. The molecule has 35 heavy (non-hydrogen) atoms. The molecule has 1 saturated heterocycles. The number of carbonyl (C=O) groups excluding carboxylic acids is 1. The van der Waals surface area contributed by atoms with Crippen LogP contribution in [0.4, 0.5) is 13.2 Å². The molecule has 2 aromatic carbocycles. The van der Waals surface area contributed by atoms with Gasteiger partial charge in [-0.3, -0.25) is 9.69 Å². The number of ether oxygens (including phenoxy) is 1. The second kappa shape index (κ2) is 11.2. The fourth-order valence-corrected chi connectivity index (χ4v) is 5.27. The van der Waals surface area contributed by atoms with E-state index >= 15 is 0 Å². The summed E-state index contributed by atoms with van der Waals surface area (Å²) in [6.45, 7) is 3.43. The summed E-state index contributed by atoms with van der Waals surface area (Å²) in [4.78, 5) is 14.8. The molecule has 1 aliphatic heterocycles. The van der Waals surface area contributed by atoms with Crippen LogP contribution in [0.3, 0.4) is 0 Å². The van der Waals surface area contributed by atoms with Crippen LogP contribution in [0, 0.1) is 5.92 Å². The Morgan fingerprint density at radius 3 is 2.60 bits per heavy atom. The Kier molecular flexibility index (Phi) is 8.68. The minimum absolute atomic E-state index is 0.0301. The van der Waals surface area contributed by atoms with Gasteiger partial charge in [0.05, 0.1) is 10.6 Å². The topological polar surface area (TPSA) is 102 Å². The van der Waals surface area contributed by atoms with Gasteiger partial charge in [0.1, 0.15) is 5.75 Å². The standard InChI is InChI=1S/C23H27ClF3N3O4S/c1-2-35(32,33)21-6-5-19(24)9-18(21)12-29-22(31)16-3-4-17(20(10-16)34-23(25,26)27)14-30-8-7-15(11-28)13-30/h3-6,9-10,15H,2,7-8,11-14,28H2,1H3,(H,29,31)/t15-/m0/s1. The van der Waals surface area contributed by atoms with E-state index in [-0.39, 0.29) is 39.9 Å². The highest BCUT2D eigenvalue weighted by molar-refractivity contribution is 7.91. The lowest BCUT2D eigenvalue weighted by Crippen LogP contribution is -2.26. The van der Waals surface area contributed by atoms with Crippen molar-refractivity contribution in [2.24, 2.45) is 11.7 Å². The molecule has 0 radical (unpaired) electrons. The summed E-state index contributed by atoms with van der Waals surface area (Å²) in [6.07, 6.45) is -4.06. The molecule has 3 N–H and O–H groups in total. The number of nitrogens with one attached hydrogen (secondary N) is 1. The molecule has 1 heterocycles. The lowest BCUT2D eigenvalue weighted by molar-refractivity contribution is -0.275. The fourth-order valence-electron chi connectivity index (χ4n) is 3.96. The van der Waals surface area contributed by atoms with Crippen molar-refractivity contribution in [3.8, 4) is 5.75 Å². The molecule has 3 rings (SSSR count). The fraction of sp³-hybridized carbons (Fsp3) is 0.435. The van der Waals surface area contributed by atoms with Crippen molar-refractivity contribution >= 4 is 27.3 Å². The molecule has 0 spiro atoms. The Morgan fingerprint density at radius 1 is 1.23 bits per heavy atom. The van der Waals surface area contributed by atoms with Gasteiger partial charge in [0.15, 0.2) is 9.84 Å². The van der Waals surface area contributed by atoms with E-state index < -0.39 is 27.9 Å². The van der Waals surface area contributed by atoms with Gasteiger partial charge in [0, 0.05) is 35.8 Å². The Labute approximate surface area is 207 Å². The van der Waals surface area contributed by atoms with Crippen LogP contribution in [0.25, 0.3) is 0 Å². The van der Waals surface area contributed by atoms with Crippen LogP contribution in [0.15, 0.2) is 41.3 Å². The molecule has 1 aliphatic rings. The van der Waals surface area contributed by atoms with Crippen LogP contribution >= 0.6 is 11.6 Å². The van der Waals surface area contributed by atoms with Crippen LogP contribution < -0.4 is 15.8 Å². The zero-order valence-electron chi connectivity index (χ0n) is 19.1. The Morgan fingerprint density at radius 2 is 1.97 bits per heavy atom. The number of nitrogens with two attached hydrogens (primary N) is 1. The van der Waals surface area contributed by atoms with E-state index in [0.29, 0.717) is 31.1 Å². The summed E-state index contributed by atoms with van der Waals surface area (Å²) < 4.78 is 68.1. The van der Waals surface area contributed by atoms with Crippen molar-refractivity contribution in [3.05, 3.63) is 58.1 Å². The molecule has 1 fully saturated rings. The van der Waals surface area contributed by atoms with Crippen LogP contribution in [0.2, 0.25) is 5.02 Å². The predicted molar refractivity (Wildman–Crippen MR) is 126 cm³/mol. The van der Waals surface area contributed by atoms with E-state index in [1.807, 2.05) is 4.90 Å². The first-order chi connectivity index (χ1) is 16.4. The third kappa shape index (κ3) is 7.33. The highest BCUT2D eigenvalue weighted by Crippen LogP contribution is 2.30. The number of amides is 1. The van der Waals surface area contributed by atoms with Gasteiger partial charge < -0.3 is 15.8 Å². The number of alkyl halides is 3. The molecule has 0 bridgehead atoms. The van der Waals surface area contributed by atoms with Crippen molar-refractivity contribution in [1.82, 2.24) is 10.2 Å². The quantitative estimate of drug-likeness (QED) is 0.509. The number of hydrogen-bond acceptors (Lipinski definition) is 6. The van der Waals surface area contributed by atoms with Gasteiger partial charge in [-0.15, -0.1) is 13.2 Å². The molecule has 0 unspecified atom stereocenters. The van der Waals surface area contributed by atoms with E-state index in [4.69, 9.17) is 17.3 Å². The molecule has 0 saturated carbocycles. The normalized spacial score (nSPS) is 16.9. The van der Waals surface area contributed by atoms with E-state index in [9.17, 15) is 26.4 Å². The molecule has 0 aromatic heterocycles. The first-order valence-corrected chi connectivity index (χ1v) is 13.1. The number of likely N-dealkylation sites (tertiary alicyclic amines) is 1. The van der Waals surface area contributed by atoms with Crippen LogP contribution in [0.1, 0.15) is 34.8 Å². The molecule has 2 aromatic rings. The summed E-state index contributed by atoms with van der Waals surface area (Å²) >= 11 is 5.99. The predicted octanol–water partition coefficient (Wildman–Crippen LogP) is 3.74. The van der Waals surface area contributed by atoms with Gasteiger partial charge in [0.2, 0.25) is 0 Å². The van der Waals surface area contributed by atoms with Crippen molar-refractivity contribution in [2.45, 2.75) is 37.7 Å². The number of carbonyl (C=O) groups is 1. The van der Waals surface area contributed by atoms with Crippen LogP contribution in [0.5, 0.6) is 5.75 Å². The maximum atomic E-state index is 13.1. The number of benzene rings is 2. The van der Waals surface area contributed by atoms with Crippen LogP contribution in [-0.4, -0.2) is 51.0 Å². The summed E-state index contributed by atoms with van der Waals surface area (Å²) in [5, 5.41) is 2.84. The lowest BCUT2D eigenvalue weighted by Gasteiger charge is -2.20. The smallest absolute Gasteiger partial charge is 0.405 e. The molecular formula is C23H27ClF3N3O4S. The Hall–Kier alpha value is -2.34. The van der Waals surface area contributed by atoms with Crippen molar-refractivity contribution in [1.29, 1.82) is 0 Å². The minimum atomic E-state index is -4.93. The van der Waals surface area contributed by atoms with Gasteiger partial charge in [-0.1, -0.05) is 24.6 Å². The highest BCUT2D eigenvalue weighted by atomic mass is 35.5. The third-order valence-electron chi connectivity index (χ3n) is 5.83. The van der Waals surface area contributed by atoms with E-state index in [1.54, 1.807) is 0 Å². The first kappa shape index (κ1) is 27.3. The van der Waals surface area contributed by atoms with Gasteiger partial charge in [-0.2, -0.15) is 0 Å². The molecule has 1 amide bonds. The Bertz CT molecular complexity index is 1180. The van der Waals surface area contributed by atoms with Crippen molar-refractivity contribution < 1.29 is 31.1 Å². The first-order valence-electron chi connectivity index (χ1n) is 11.0. The minimum Gasteiger partial charge on any atom is -0.405 e. The second-order valence-corrected chi connectivity index (χ2v) is 11.0. The van der Waals surface area contributed by atoms with E-state index in [1.165, 1.54) is 37.3 Å². The average Bonchev–Trinajstić information content (AvgIpc) is 3.25. The molecule has 192 valence electrons. The summed E-state index contributed by atoms with van der Waals surface area (Å²) in [5.41, 5.74) is 6.20. The molecule has 7 nitrogen and oxygen atoms in total. The third-order valence-corrected chi connectivity index (χ3v) is 7.89. The molecular weight excluding hydrogens is 507 g/mol. The molecule has 1 atom stereocenters. The second-order valence-electron chi connectivity index (χ2n) is 8.33. The van der Waals surface area contributed by atoms with Crippen LogP contribution in [-0.2, 0) is 22.9 Å². The zero-order chi connectivity index (χ0) is 25.8. The SMILES string of the molecule is CCS(=O)(=O)c1ccc(Cl)cc1CNC(=O)c1ccc(CN2CC[C@@H](CN)C2)c(OC(F)(F)F)c1. The highest BCUT2D eigenvalue weighted by Gasteiger charge is 2.33. The number of halogens is 4. The van der Waals surface area contributed by atoms with E-state index in [2.05, 4.69) is 10.1 Å². The van der Waals surface area contributed by atoms with Gasteiger partial charge in [-0.25, -0.2) is 8.42 Å². The van der Waals surface area contributed by atoms with Gasteiger partial charge in [0.25, 0.3) is 5.91 Å². The summed E-state index contributed by atoms with van der Waals surface area (Å²) in [7, 11) is -3.58. The molecule has 12 heteroatoms. The van der Waals surface area contributed by atoms with E-state index in [0.717, 1.165) is 12.5 Å². The number of sulfone groups is 1. The van der Waals surface area contributed by atoms with Crippen molar-refractivity contribution in [3.63, 3.8) is 0 Å². The van der Waals surface area contributed by atoms with Gasteiger partial charge in [-0.05, 0) is 61.3 Å². The number of hydrogen-bond donors (Lipinski definition) is 2. The van der Waals surface area contributed by atoms with Gasteiger partial charge >= 0.3 is 6.36 Å². The van der Waals surface area contributed by atoms with Crippen molar-refractivity contribution in [2.75, 3.05) is 25.4 Å². The lowest BCUT2D eigenvalue weighted by atomic mass is 10.1. The average molecular weight is 534 g/mol. The summed E-state index contributed by atoms with van der Waals surface area (Å²) in [6, 6.07) is 8.10. The Balaban J connectivity index is 1.80. The molecule has 0 aliphatic carbocycles. The maximum Gasteiger partial charge on any atom is 0.573 e.